The van der Waals surface area contributed by atoms with Gasteiger partial charge in [-0.05, 0) is 54.7 Å². The summed E-state index contributed by atoms with van der Waals surface area (Å²) in [7, 11) is -0.558. The van der Waals surface area contributed by atoms with Crippen LogP contribution in [-0.2, 0) is 9.31 Å². The van der Waals surface area contributed by atoms with Crippen LogP contribution in [0.15, 0.2) is 48.5 Å². The molecule has 0 amide bonds. The molecule has 26 heavy (non-hydrogen) atoms. The summed E-state index contributed by atoms with van der Waals surface area (Å²) in [5.74, 6) is -0.933. The first kappa shape index (κ1) is 17.1. The first-order valence-corrected chi connectivity index (χ1v) is 8.75. The summed E-state index contributed by atoms with van der Waals surface area (Å²) in [6, 6.07) is 15.1. The summed E-state index contributed by atoms with van der Waals surface area (Å²) in [6.07, 6.45) is 0. The predicted molar refractivity (Wildman–Crippen MR) is 104 cm³/mol. The van der Waals surface area contributed by atoms with Crippen LogP contribution in [0.2, 0.25) is 0 Å². The molecule has 0 bridgehead atoms. The van der Waals surface area contributed by atoms with Crippen LogP contribution >= 0.6 is 0 Å². The number of carboxylic acids is 1. The third kappa shape index (κ3) is 2.35. The van der Waals surface area contributed by atoms with Crippen LogP contribution in [0.3, 0.4) is 0 Å². The lowest BCUT2D eigenvalue weighted by atomic mass is 9.72. The molecule has 1 heterocycles. The summed E-state index contributed by atoms with van der Waals surface area (Å²) in [5.41, 5.74) is 0.271. The Hall–Kier alpha value is -2.37. The molecule has 4 nitrogen and oxygen atoms in total. The molecule has 3 aromatic carbocycles. The molecule has 4 rings (SSSR count). The van der Waals surface area contributed by atoms with Crippen LogP contribution in [0.1, 0.15) is 38.1 Å². The van der Waals surface area contributed by atoms with E-state index >= 15 is 0 Å². The van der Waals surface area contributed by atoms with Crippen LogP contribution in [0.25, 0.3) is 21.5 Å². The quantitative estimate of drug-likeness (QED) is 0.562. The van der Waals surface area contributed by atoms with Gasteiger partial charge in [0.1, 0.15) is 0 Å². The molecule has 5 heteroatoms. The fourth-order valence-electron chi connectivity index (χ4n) is 3.61. The van der Waals surface area contributed by atoms with Gasteiger partial charge in [-0.3, -0.25) is 0 Å². The Labute approximate surface area is 152 Å². The summed E-state index contributed by atoms with van der Waals surface area (Å²) >= 11 is 0. The zero-order valence-corrected chi connectivity index (χ0v) is 15.4. The van der Waals surface area contributed by atoms with Crippen LogP contribution < -0.4 is 5.46 Å². The smallest absolute Gasteiger partial charge is 0.478 e. The maximum absolute atomic E-state index is 12.0. The second kappa shape index (κ2) is 5.56. The van der Waals surface area contributed by atoms with Crippen molar-refractivity contribution in [2.45, 2.75) is 38.9 Å². The number of carboxylic acid groups (broad SMARTS) is 1. The van der Waals surface area contributed by atoms with Gasteiger partial charge in [0.05, 0.1) is 16.8 Å². The van der Waals surface area contributed by atoms with E-state index in [-0.39, 0.29) is 0 Å². The molecular formula is C21H21BO4. The Morgan fingerprint density at radius 1 is 0.808 bits per heavy atom. The number of hydrogen-bond donors (Lipinski definition) is 1. The predicted octanol–water partition coefficient (Wildman–Crippen LogP) is 3.99. The van der Waals surface area contributed by atoms with E-state index < -0.39 is 24.3 Å². The largest absolute Gasteiger partial charge is 0.496 e. The van der Waals surface area contributed by atoms with Crippen molar-refractivity contribution >= 4 is 40.1 Å². The number of fused-ring (bicyclic) bond motifs is 2. The van der Waals surface area contributed by atoms with Gasteiger partial charge in [-0.15, -0.1) is 0 Å². The highest BCUT2D eigenvalue weighted by atomic mass is 16.7. The van der Waals surface area contributed by atoms with Gasteiger partial charge >= 0.3 is 13.1 Å². The molecule has 1 fully saturated rings. The molecule has 0 aliphatic carbocycles. The third-order valence-electron chi connectivity index (χ3n) is 5.68. The zero-order valence-electron chi connectivity index (χ0n) is 15.4. The van der Waals surface area contributed by atoms with E-state index in [2.05, 4.69) is 0 Å². The first-order chi connectivity index (χ1) is 12.2. The molecule has 0 atom stereocenters. The number of aromatic carboxylic acids is 1. The minimum absolute atomic E-state index is 0.316. The molecule has 0 unspecified atom stereocenters. The summed E-state index contributed by atoms with van der Waals surface area (Å²) < 4.78 is 12.6. The van der Waals surface area contributed by atoms with Gasteiger partial charge in [0, 0.05) is 0 Å². The average molecular weight is 348 g/mol. The minimum atomic E-state index is -0.933. The lowest BCUT2D eigenvalue weighted by molar-refractivity contribution is 0.00578. The highest BCUT2D eigenvalue weighted by Gasteiger charge is 2.52. The number of rotatable bonds is 2. The SMILES string of the molecule is CC1(C)OB(c2c3ccccc3c(C(=O)O)c3ccccc23)OC1(C)C. The van der Waals surface area contributed by atoms with Crippen LogP contribution in [0.4, 0.5) is 0 Å². The Bertz CT molecular complexity index is 966. The lowest BCUT2D eigenvalue weighted by Crippen LogP contribution is -2.41. The van der Waals surface area contributed by atoms with Crippen molar-refractivity contribution in [2.75, 3.05) is 0 Å². The summed E-state index contributed by atoms with van der Waals surface area (Å²) in [4.78, 5) is 12.0. The van der Waals surface area contributed by atoms with E-state index in [1.165, 1.54) is 0 Å². The van der Waals surface area contributed by atoms with E-state index in [9.17, 15) is 9.90 Å². The van der Waals surface area contributed by atoms with Crippen molar-refractivity contribution in [3.05, 3.63) is 54.1 Å². The normalized spacial score (nSPS) is 18.5. The molecule has 132 valence electrons. The van der Waals surface area contributed by atoms with E-state index in [0.717, 1.165) is 16.2 Å². The Morgan fingerprint density at radius 2 is 1.19 bits per heavy atom. The molecule has 1 saturated heterocycles. The van der Waals surface area contributed by atoms with Crippen molar-refractivity contribution in [3.8, 4) is 0 Å². The van der Waals surface area contributed by atoms with Gasteiger partial charge in [0.25, 0.3) is 0 Å². The molecular weight excluding hydrogens is 327 g/mol. The third-order valence-corrected chi connectivity index (χ3v) is 5.68. The van der Waals surface area contributed by atoms with Gasteiger partial charge < -0.3 is 14.4 Å². The molecule has 0 radical (unpaired) electrons. The van der Waals surface area contributed by atoms with Crippen molar-refractivity contribution in [3.63, 3.8) is 0 Å². The van der Waals surface area contributed by atoms with E-state index in [4.69, 9.17) is 9.31 Å². The van der Waals surface area contributed by atoms with Crippen molar-refractivity contribution in [2.24, 2.45) is 0 Å². The van der Waals surface area contributed by atoms with Crippen LogP contribution in [0, 0.1) is 0 Å². The first-order valence-electron chi connectivity index (χ1n) is 8.75. The molecule has 0 aromatic heterocycles. The topological polar surface area (TPSA) is 55.8 Å². The number of carbonyl (C=O) groups is 1. The zero-order chi connectivity index (χ0) is 18.7. The van der Waals surface area contributed by atoms with E-state index in [1.807, 2.05) is 76.2 Å². The van der Waals surface area contributed by atoms with E-state index in [1.54, 1.807) is 0 Å². The number of hydrogen-bond acceptors (Lipinski definition) is 3. The second-order valence-corrected chi connectivity index (χ2v) is 7.77. The average Bonchev–Trinajstić information content (AvgIpc) is 2.79. The summed E-state index contributed by atoms with van der Waals surface area (Å²) in [6.45, 7) is 8.07. The second-order valence-electron chi connectivity index (χ2n) is 7.77. The standard InChI is InChI=1S/C21H21BO4/c1-20(2)21(3,4)26-22(25-20)18-15-11-7-5-9-13(15)17(19(23)24)14-10-6-8-12-16(14)18/h5-12H,1-4H3,(H,23,24). The maximum Gasteiger partial charge on any atom is 0.496 e. The molecule has 0 spiro atoms. The minimum Gasteiger partial charge on any atom is -0.478 e. The van der Waals surface area contributed by atoms with Crippen molar-refractivity contribution in [1.29, 1.82) is 0 Å². The highest BCUT2D eigenvalue weighted by molar-refractivity contribution is 6.68. The number of benzene rings is 3. The Morgan fingerprint density at radius 3 is 1.58 bits per heavy atom. The fraction of sp³-hybridized carbons (Fsp3) is 0.286. The highest BCUT2D eigenvalue weighted by Crippen LogP contribution is 2.38. The van der Waals surface area contributed by atoms with Gasteiger partial charge in [0.15, 0.2) is 0 Å². The van der Waals surface area contributed by atoms with Gasteiger partial charge in [-0.1, -0.05) is 48.5 Å². The van der Waals surface area contributed by atoms with Gasteiger partial charge in [-0.25, -0.2) is 4.79 Å². The molecule has 1 N–H and O–H groups in total. The van der Waals surface area contributed by atoms with Crippen LogP contribution in [-0.4, -0.2) is 29.4 Å². The molecule has 0 saturated carbocycles. The van der Waals surface area contributed by atoms with Gasteiger partial charge in [-0.2, -0.15) is 0 Å². The Balaban J connectivity index is 2.10. The lowest BCUT2D eigenvalue weighted by Gasteiger charge is -2.32. The van der Waals surface area contributed by atoms with Crippen LogP contribution in [0.5, 0.6) is 0 Å². The van der Waals surface area contributed by atoms with Gasteiger partial charge in [0.2, 0.25) is 0 Å². The summed E-state index contributed by atoms with van der Waals surface area (Å²) in [5, 5.41) is 12.9. The Kier molecular flexibility index (Phi) is 3.65. The van der Waals surface area contributed by atoms with Crippen molar-refractivity contribution < 1.29 is 19.2 Å². The molecule has 3 aromatic rings. The van der Waals surface area contributed by atoms with Crippen molar-refractivity contribution in [1.82, 2.24) is 0 Å². The van der Waals surface area contributed by atoms with E-state index in [0.29, 0.717) is 16.3 Å². The molecule has 1 aliphatic rings. The molecule has 1 aliphatic heterocycles. The fourth-order valence-corrected chi connectivity index (χ4v) is 3.61. The monoisotopic (exact) mass is 348 g/mol. The maximum atomic E-state index is 12.0.